The van der Waals surface area contributed by atoms with Gasteiger partial charge in [-0.25, -0.2) is 8.42 Å². The first-order valence-electron chi connectivity index (χ1n) is 6.49. The van der Waals surface area contributed by atoms with Crippen LogP contribution >= 0.6 is 0 Å². The van der Waals surface area contributed by atoms with E-state index in [-0.39, 0.29) is 30.4 Å². The minimum absolute atomic E-state index is 0.0447. The molecule has 2 aliphatic rings. The van der Waals surface area contributed by atoms with Crippen molar-refractivity contribution < 1.29 is 22.7 Å². The Balaban J connectivity index is 1.98. The smallest absolute Gasteiger partial charge is 0.242 e. The fraction of sp³-hybridized carbons (Fsp3) is 0.818. The lowest BCUT2D eigenvalue weighted by Crippen LogP contribution is -2.56. The van der Waals surface area contributed by atoms with E-state index in [0.717, 1.165) is 0 Å². The Kier molecular flexibility index (Phi) is 4.61. The molecule has 2 heterocycles. The second kappa shape index (κ2) is 6.06. The Hall–Kier alpha value is -1.19. The van der Waals surface area contributed by atoms with Gasteiger partial charge < -0.3 is 20.7 Å². The minimum Gasteiger partial charge on any atom is -0.377 e. The zero-order chi connectivity index (χ0) is 14.8. The summed E-state index contributed by atoms with van der Waals surface area (Å²) in [4.78, 5) is 24.9. The molecule has 0 aromatic rings. The summed E-state index contributed by atoms with van der Waals surface area (Å²) < 4.78 is 28.2. The van der Waals surface area contributed by atoms with Crippen LogP contribution in [0.4, 0.5) is 0 Å². The van der Waals surface area contributed by atoms with Crippen molar-refractivity contribution in [1.29, 1.82) is 0 Å². The maximum Gasteiger partial charge on any atom is 0.242 e. The van der Waals surface area contributed by atoms with Gasteiger partial charge in [-0.1, -0.05) is 0 Å². The van der Waals surface area contributed by atoms with Gasteiger partial charge in [0.2, 0.25) is 11.8 Å². The normalized spacial score (nSPS) is 29.9. The van der Waals surface area contributed by atoms with Crippen molar-refractivity contribution in [3.63, 3.8) is 0 Å². The van der Waals surface area contributed by atoms with E-state index < -0.39 is 27.8 Å². The highest BCUT2D eigenvalue weighted by Gasteiger charge is 2.34. The number of hydrogen-bond acceptors (Lipinski definition) is 6. The molecule has 20 heavy (non-hydrogen) atoms. The molecule has 8 nitrogen and oxygen atoms in total. The van der Waals surface area contributed by atoms with Gasteiger partial charge in [0.1, 0.15) is 6.04 Å². The molecule has 0 radical (unpaired) electrons. The van der Waals surface area contributed by atoms with E-state index >= 15 is 0 Å². The highest BCUT2D eigenvalue weighted by molar-refractivity contribution is 7.91. The van der Waals surface area contributed by atoms with E-state index in [4.69, 9.17) is 10.5 Å². The predicted molar refractivity (Wildman–Crippen MR) is 70.6 cm³/mol. The van der Waals surface area contributed by atoms with E-state index in [1.54, 1.807) is 0 Å². The third kappa shape index (κ3) is 3.68. The van der Waals surface area contributed by atoms with Gasteiger partial charge in [-0.15, -0.1) is 0 Å². The Bertz CT molecular complexity index is 492. The van der Waals surface area contributed by atoms with Crippen molar-refractivity contribution in [2.75, 3.05) is 37.8 Å². The van der Waals surface area contributed by atoms with E-state index in [0.29, 0.717) is 19.7 Å². The van der Waals surface area contributed by atoms with E-state index in [1.165, 1.54) is 4.90 Å². The molecule has 3 N–H and O–H groups in total. The molecule has 0 saturated carbocycles. The fourth-order valence-electron chi connectivity index (χ4n) is 2.46. The van der Waals surface area contributed by atoms with Gasteiger partial charge in [0, 0.05) is 25.6 Å². The molecule has 0 aromatic carbocycles. The van der Waals surface area contributed by atoms with Crippen LogP contribution in [0.1, 0.15) is 6.42 Å². The van der Waals surface area contributed by atoms with Gasteiger partial charge in [0.15, 0.2) is 9.84 Å². The van der Waals surface area contributed by atoms with Crippen LogP contribution < -0.4 is 11.1 Å². The predicted octanol–water partition coefficient (Wildman–Crippen LogP) is -2.52. The molecular formula is C11H19N3O5S. The first-order chi connectivity index (χ1) is 9.39. The standard InChI is InChI=1S/C11H19N3O5S/c12-11(16)9-6-19-3-2-14(9)10(15)5-8-7-20(17,18)4-1-13-8/h8-9,13H,1-7H2,(H2,12,16). The van der Waals surface area contributed by atoms with Crippen molar-refractivity contribution in [2.24, 2.45) is 5.73 Å². The van der Waals surface area contributed by atoms with Gasteiger partial charge in [-0.3, -0.25) is 9.59 Å². The van der Waals surface area contributed by atoms with E-state index in [9.17, 15) is 18.0 Å². The lowest BCUT2D eigenvalue weighted by atomic mass is 10.1. The molecule has 2 rings (SSSR count). The Morgan fingerprint density at radius 2 is 2.15 bits per heavy atom. The number of rotatable bonds is 3. The highest BCUT2D eigenvalue weighted by Crippen LogP contribution is 2.12. The third-order valence-electron chi connectivity index (χ3n) is 3.50. The summed E-state index contributed by atoms with van der Waals surface area (Å²) in [6, 6.07) is -1.17. The molecule has 0 aliphatic carbocycles. The summed E-state index contributed by atoms with van der Waals surface area (Å²) in [7, 11) is -3.09. The minimum atomic E-state index is -3.09. The van der Waals surface area contributed by atoms with E-state index in [1.807, 2.05) is 0 Å². The van der Waals surface area contributed by atoms with Crippen LogP contribution in [0, 0.1) is 0 Å². The number of carbonyl (C=O) groups excluding carboxylic acids is 2. The quantitative estimate of drug-likeness (QED) is 0.594. The summed E-state index contributed by atoms with van der Waals surface area (Å²) in [5.41, 5.74) is 5.25. The molecule has 114 valence electrons. The highest BCUT2D eigenvalue weighted by atomic mass is 32.2. The number of ether oxygens (including phenoxy) is 1. The molecular weight excluding hydrogens is 286 g/mol. The summed E-state index contributed by atoms with van der Waals surface area (Å²) in [6.45, 7) is 1.10. The third-order valence-corrected chi connectivity index (χ3v) is 5.24. The fourth-order valence-corrected chi connectivity index (χ4v) is 3.91. The van der Waals surface area contributed by atoms with Gasteiger partial charge in [0.25, 0.3) is 0 Å². The van der Waals surface area contributed by atoms with Crippen molar-refractivity contribution >= 4 is 21.7 Å². The van der Waals surface area contributed by atoms with Crippen LogP contribution in [0.15, 0.2) is 0 Å². The zero-order valence-electron chi connectivity index (χ0n) is 11.1. The second-order valence-electron chi connectivity index (χ2n) is 5.05. The molecule has 2 fully saturated rings. The molecule has 0 spiro atoms. The van der Waals surface area contributed by atoms with Crippen molar-refractivity contribution in [3.05, 3.63) is 0 Å². The lowest BCUT2D eigenvalue weighted by Gasteiger charge is -2.35. The molecule has 0 aromatic heterocycles. The number of sulfone groups is 1. The van der Waals surface area contributed by atoms with Crippen LogP contribution in [0.3, 0.4) is 0 Å². The second-order valence-corrected chi connectivity index (χ2v) is 7.28. The largest absolute Gasteiger partial charge is 0.377 e. The molecule has 2 atom stereocenters. The molecule has 2 saturated heterocycles. The summed E-state index contributed by atoms with van der Waals surface area (Å²) >= 11 is 0. The Morgan fingerprint density at radius 3 is 2.80 bits per heavy atom. The maximum absolute atomic E-state index is 12.2. The van der Waals surface area contributed by atoms with Gasteiger partial charge in [-0.2, -0.15) is 0 Å². The Labute approximate surface area is 117 Å². The van der Waals surface area contributed by atoms with Gasteiger partial charge in [0.05, 0.1) is 24.7 Å². The van der Waals surface area contributed by atoms with Crippen molar-refractivity contribution in [1.82, 2.24) is 10.2 Å². The lowest BCUT2D eigenvalue weighted by molar-refractivity contribution is -0.147. The van der Waals surface area contributed by atoms with E-state index in [2.05, 4.69) is 5.32 Å². The molecule has 9 heteroatoms. The number of nitrogens with two attached hydrogens (primary N) is 1. The number of nitrogens with zero attached hydrogens (tertiary/aromatic N) is 1. The molecule has 2 unspecified atom stereocenters. The van der Waals surface area contributed by atoms with Crippen LogP contribution in [-0.2, 0) is 24.2 Å². The molecule has 2 amide bonds. The SMILES string of the molecule is NC(=O)C1COCCN1C(=O)CC1CS(=O)(=O)CCN1. The number of hydrogen-bond donors (Lipinski definition) is 2. The van der Waals surface area contributed by atoms with Crippen LogP contribution in [-0.4, -0.2) is 75.0 Å². The summed E-state index contributed by atoms with van der Waals surface area (Å²) in [6.07, 6.45) is 0.0447. The summed E-state index contributed by atoms with van der Waals surface area (Å²) in [5.74, 6) is -0.835. The maximum atomic E-state index is 12.2. The van der Waals surface area contributed by atoms with Gasteiger partial charge in [-0.05, 0) is 0 Å². The van der Waals surface area contributed by atoms with Crippen LogP contribution in [0.25, 0.3) is 0 Å². The topological polar surface area (TPSA) is 119 Å². The zero-order valence-corrected chi connectivity index (χ0v) is 11.9. The van der Waals surface area contributed by atoms with Crippen molar-refractivity contribution in [2.45, 2.75) is 18.5 Å². The molecule has 0 bridgehead atoms. The number of morpholine rings is 1. The first-order valence-corrected chi connectivity index (χ1v) is 8.31. The average Bonchev–Trinajstić information content (AvgIpc) is 2.37. The van der Waals surface area contributed by atoms with Crippen LogP contribution in [0.5, 0.6) is 0 Å². The number of carbonyl (C=O) groups is 2. The number of primary amides is 1. The average molecular weight is 305 g/mol. The van der Waals surface area contributed by atoms with Crippen molar-refractivity contribution in [3.8, 4) is 0 Å². The summed E-state index contributed by atoms with van der Waals surface area (Å²) in [5, 5.41) is 3.01. The number of amides is 2. The van der Waals surface area contributed by atoms with Gasteiger partial charge >= 0.3 is 0 Å². The molecule has 2 aliphatic heterocycles. The Morgan fingerprint density at radius 1 is 1.40 bits per heavy atom. The van der Waals surface area contributed by atoms with Crippen LogP contribution in [0.2, 0.25) is 0 Å². The monoisotopic (exact) mass is 305 g/mol. The number of nitrogens with one attached hydrogen (secondary N) is 1. The first kappa shape index (κ1) is 15.2.